The van der Waals surface area contributed by atoms with Crippen molar-refractivity contribution in [1.82, 2.24) is 14.8 Å². The highest BCUT2D eigenvalue weighted by atomic mass is 15.3. The van der Waals surface area contributed by atoms with Gasteiger partial charge in [0.1, 0.15) is 12.2 Å². The summed E-state index contributed by atoms with van der Waals surface area (Å²) in [5, 5.41) is 7.99. The molecule has 14 heavy (non-hydrogen) atoms. The molecular weight excluding hydrogens is 176 g/mol. The molecule has 0 aliphatic heterocycles. The highest BCUT2D eigenvalue weighted by molar-refractivity contribution is 4.95. The summed E-state index contributed by atoms with van der Waals surface area (Å²) in [6.45, 7) is 9.47. The lowest BCUT2D eigenvalue weighted by molar-refractivity contribution is 0.438. The first-order valence-electron chi connectivity index (χ1n) is 5.15. The lowest BCUT2D eigenvalue weighted by Gasteiger charge is -2.17. The molecule has 0 aliphatic rings. The minimum absolute atomic E-state index is 0.0174. The van der Waals surface area contributed by atoms with Crippen molar-refractivity contribution in [2.24, 2.45) is 17.6 Å². The third-order valence-corrected chi connectivity index (χ3v) is 2.22. The van der Waals surface area contributed by atoms with Crippen molar-refractivity contribution >= 4 is 0 Å². The lowest BCUT2D eigenvalue weighted by Crippen LogP contribution is -2.22. The van der Waals surface area contributed by atoms with Gasteiger partial charge in [0, 0.05) is 6.54 Å². The van der Waals surface area contributed by atoms with Crippen molar-refractivity contribution in [2.75, 3.05) is 0 Å². The van der Waals surface area contributed by atoms with Crippen LogP contribution in [0.15, 0.2) is 6.33 Å². The Morgan fingerprint density at radius 1 is 1.36 bits per heavy atom. The summed E-state index contributed by atoms with van der Waals surface area (Å²) in [6, 6.07) is -0.0174. The van der Waals surface area contributed by atoms with E-state index in [0.717, 1.165) is 12.4 Å². The molecule has 1 unspecified atom stereocenters. The van der Waals surface area contributed by atoms with Gasteiger partial charge in [-0.1, -0.05) is 27.7 Å². The SMILES string of the molecule is CC(C)Cn1cnnc1C(N)C(C)C. The fourth-order valence-electron chi connectivity index (χ4n) is 1.35. The van der Waals surface area contributed by atoms with Crippen LogP contribution in [0.25, 0.3) is 0 Å². The fraction of sp³-hybridized carbons (Fsp3) is 0.800. The summed E-state index contributed by atoms with van der Waals surface area (Å²) in [6.07, 6.45) is 1.76. The maximum absolute atomic E-state index is 6.04. The first-order valence-corrected chi connectivity index (χ1v) is 5.15. The Bertz CT molecular complexity index is 277. The van der Waals surface area contributed by atoms with Crippen LogP contribution in [-0.2, 0) is 6.54 Å². The van der Waals surface area contributed by atoms with Gasteiger partial charge in [-0.3, -0.25) is 0 Å². The van der Waals surface area contributed by atoms with Gasteiger partial charge < -0.3 is 10.3 Å². The summed E-state index contributed by atoms with van der Waals surface area (Å²) in [5.74, 6) is 1.88. The van der Waals surface area contributed by atoms with Gasteiger partial charge in [0.15, 0.2) is 0 Å². The molecular formula is C10H20N4. The molecule has 1 heterocycles. The van der Waals surface area contributed by atoms with Gasteiger partial charge in [0.25, 0.3) is 0 Å². The van der Waals surface area contributed by atoms with Gasteiger partial charge in [-0.2, -0.15) is 0 Å². The number of rotatable bonds is 4. The van der Waals surface area contributed by atoms with Crippen LogP contribution in [0, 0.1) is 11.8 Å². The zero-order valence-corrected chi connectivity index (χ0v) is 9.44. The average Bonchev–Trinajstić information content (AvgIpc) is 2.49. The minimum Gasteiger partial charge on any atom is -0.321 e. The number of nitrogens with zero attached hydrogens (tertiary/aromatic N) is 3. The molecule has 4 heteroatoms. The van der Waals surface area contributed by atoms with Crippen molar-refractivity contribution in [1.29, 1.82) is 0 Å². The standard InChI is InChI=1S/C10H20N4/c1-7(2)5-14-6-12-13-10(14)9(11)8(3)4/h6-9H,5,11H2,1-4H3. The quantitative estimate of drug-likeness (QED) is 0.795. The molecule has 0 saturated carbocycles. The van der Waals surface area contributed by atoms with E-state index in [-0.39, 0.29) is 6.04 Å². The van der Waals surface area contributed by atoms with Crippen LogP contribution < -0.4 is 5.73 Å². The van der Waals surface area contributed by atoms with Crippen molar-refractivity contribution < 1.29 is 0 Å². The van der Waals surface area contributed by atoms with E-state index in [1.165, 1.54) is 0 Å². The van der Waals surface area contributed by atoms with Crippen LogP contribution in [0.5, 0.6) is 0 Å². The van der Waals surface area contributed by atoms with Crippen LogP contribution >= 0.6 is 0 Å². The van der Waals surface area contributed by atoms with E-state index in [2.05, 4.69) is 42.5 Å². The normalized spacial score (nSPS) is 13.9. The summed E-state index contributed by atoms with van der Waals surface area (Å²) >= 11 is 0. The van der Waals surface area contributed by atoms with E-state index in [0.29, 0.717) is 11.8 Å². The van der Waals surface area contributed by atoms with Crippen LogP contribution in [0.4, 0.5) is 0 Å². The molecule has 0 radical (unpaired) electrons. The second kappa shape index (κ2) is 4.55. The topological polar surface area (TPSA) is 56.7 Å². The minimum atomic E-state index is -0.0174. The zero-order chi connectivity index (χ0) is 10.7. The summed E-state index contributed by atoms with van der Waals surface area (Å²) in [5.41, 5.74) is 6.04. The molecule has 0 aliphatic carbocycles. The zero-order valence-electron chi connectivity index (χ0n) is 9.44. The van der Waals surface area contributed by atoms with E-state index in [4.69, 9.17) is 5.73 Å². The maximum Gasteiger partial charge on any atom is 0.150 e. The third kappa shape index (κ3) is 2.54. The molecule has 1 aromatic rings. The van der Waals surface area contributed by atoms with Gasteiger partial charge in [-0.25, -0.2) is 0 Å². The van der Waals surface area contributed by atoms with Gasteiger partial charge in [-0.15, -0.1) is 10.2 Å². The van der Waals surface area contributed by atoms with Gasteiger partial charge >= 0.3 is 0 Å². The largest absolute Gasteiger partial charge is 0.321 e. The van der Waals surface area contributed by atoms with Gasteiger partial charge in [0.05, 0.1) is 6.04 Å². The maximum atomic E-state index is 6.04. The lowest BCUT2D eigenvalue weighted by atomic mass is 10.0. The molecule has 1 rings (SSSR count). The molecule has 0 spiro atoms. The second-order valence-corrected chi connectivity index (χ2v) is 4.51. The van der Waals surface area contributed by atoms with Crippen molar-refractivity contribution in [3.05, 3.63) is 12.2 Å². The Balaban J connectivity index is 2.81. The Morgan fingerprint density at radius 2 is 2.00 bits per heavy atom. The van der Waals surface area contributed by atoms with Crippen molar-refractivity contribution in [3.63, 3.8) is 0 Å². The number of nitrogens with two attached hydrogens (primary N) is 1. The van der Waals surface area contributed by atoms with E-state index in [1.54, 1.807) is 6.33 Å². The van der Waals surface area contributed by atoms with E-state index in [9.17, 15) is 0 Å². The third-order valence-electron chi connectivity index (χ3n) is 2.22. The molecule has 1 aromatic heterocycles. The summed E-state index contributed by atoms with van der Waals surface area (Å²) < 4.78 is 2.05. The Morgan fingerprint density at radius 3 is 2.50 bits per heavy atom. The highest BCUT2D eigenvalue weighted by Gasteiger charge is 2.17. The van der Waals surface area contributed by atoms with E-state index < -0.39 is 0 Å². The number of hydrogen-bond donors (Lipinski definition) is 1. The molecule has 2 N–H and O–H groups in total. The Hall–Kier alpha value is -0.900. The smallest absolute Gasteiger partial charge is 0.150 e. The van der Waals surface area contributed by atoms with E-state index >= 15 is 0 Å². The van der Waals surface area contributed by atoms with Crippen molar-refractivity contribution in [2.45, 2.75) is 40.3 Å². The van der Waals surface area contributed by atoms with Crippen LogP contribution in [0.3, 0.4) is 0 Å². The Kier molecular flexibility index (Phi) is 3.63. The predicted octanol–water partition coefficient (Wildman–Crippen LogP) is 1.59. The fourth-order valence-corrected chi connectivity index (χ4v) is 1.35. The first-order chi connectivity index (χ1) is 6.52. The van der Waals surface area contributed by atoms with Crippen LogP contribution in [0.1, 0.15) is 39.6 Å². The monoisotopic (exact) mass is 196 g/mol. The highest BCUT2D eigenvalue weighted by Crippen LogP contribution is 2.16. The molecule has 0 bridgehead atoms. The van der Waals surface area contributed by atoms with Crippen LogP contribution in [0.2, 0.25) is 0 Å². The summed E-state index contributed by atoms with van der Waals surface area (Å²) in [4.78, 5) is 0. The average molecular weight is 196 g/mol. The molecule has 0 amide bonds. The Labute approximate surface area is 85.5 Å². The van der Waals surface area contributed by atoms with E-state index in [1.807, 2.05) is 0 Å². The molecule has 0 aromatic carbocycles. The molecule has 4 nitrogen and oxygen atoms in total. The van der Waals surface area contributed by atoms with Crippen molar-refractivity contribution in [3.8, 4) is 0 Å². The molecule has 1 atom stereocenters. The van der Waals surface area contributed by atoms with Crippen LogP contribution in [-0.4, -0.2) is 14.8 Å². The van der Waals surface area contributed by atoms with Gasteiger partial charge in [0.2, 0.25) is 0 Å². The number of hydrogen-bond acceptors (Lipinski definition) is 3. The number of aromatic nitrogens is 3. The van der Waals surface area contributed by atoms with Gasteiger partial charge in [-0.05, 0) is 11.8 Å². The summed E-state index contributed by atoms with van der Waals surface area (Å²) in [7, 11) is 0. The molecule has 0 fully saturated rings. The first kappa shape index (κ1) is 11.2. The predicted molar refractivity (Wildman–Crippen MR) is 56.6 cm³/mol. The molecule has 0 saturated heterocycles. The molecule has 80 valence electrons. The second-order valence-electron chi connectivity index (χ2n) is 4.51.